The molecule has 0 bridgehead atoms. The average molecular weight is 331 g/mol. The zero-order valence-corrected chi connectivity index (χ0v) is 12.4. The SMILES string of the molecule is NC1CCCC[N+](CC(=O)OC(F)(F)F)(c2ccccc2)C1=O. The van der Waals surface area contributed by atoms with Gasteiger partial charge in [0.2, 0.25) is 0 Å². The van der Waals surface area contributed by atoms with Gasteiger partial charge in [0, 0.05) is 0 Å². The number of nitrogens with two attached hydrogens (primary N) is 1. The van der Waals surface area contributed by atoms with E-state index < -0.39 is 35.3 Å². The van der Waals surface area contributed by atoms with Gasteiger partial charge in [0.15, 0.2) is 6.54 Å². The molecule has 1 saturated heterocycles. The molecule has 2 rings (SSSR count). The van der Waals surface area contributed by atoms with Crippen LogP contribution >= 0.6 is 0 Å². The second-order valence-electron chi connectivity index (χ2n) is 5.55. The Morgan fingerprint density at radius 2 is 1.91 bits per heavy atom. The Kier molecular flexibility index (Phi) is 5.06. The van der Waals surface area contributed by atoms with Gasteiger partial charge in [-0.1, -0.05) is 18.2 Å². The molecule has 1 heterocycles. The minimum absolute atomic E-state index is 0.212. The third-order valence-electron chi connectivity index (χ3n) is 3.92. The summed E-state index contributed by atoms with van der Waals surface area (Å²) < 4.78 is 39.8. The van der Waals surface area contributed by atoms with Crippen molar-refractivity contribution in [3.05, 3.63) is 30.3 Å². The molecule has 23 heavy (non-hydrogen) atoms. The van der Waals surface area contributed by atoms with Crippen molar-refractivity contribution in [2.24, 2.45) is 5.73 Å². The topological polar surface area (TPSA) is 69.4 Å². The Morgan fingerprint density at radius 3 is 2.52 bits per heavy atom. The summed E-state index contributed by atoms with van der Waals surface area (Å²) in [6.45, 7) is -0.514. The fourth-order valence-electron chi connectivity index (χ4n) is 2.90. The highest BCUT2D eigenvalue weighted by Gasteiger charge is 2.47. The van der Waals surface area contributed by atoms with E-state index >= 15 is 0 Å². The molecule has 8 heteroatoms. The lowest BCUT2D eigenvalue weighted by Crippen LogP contribution is -2.62. The van der Waals surface area contributed by atoms with Crippen molar-refractivity contribution in [1.82, 2.24) is 4.48 Å². The van der Waals surface area contributed by atoms with Crippen molar-refractivity contribution in [3.8, 4) is 0 Å². The van der Waals surface area contributed by atoms with Crippen LogP contribution < -0.4 is 10.2 Å². The highest BCUT2D eigenvalue weighted by Crippen LogP contribution is 2.29. The third kappa shape index (κ3) is 4.08. The molecule has 0 radical (unpaired) electrons. The Labute approximate surface area is 131 Å². The summed E-state index contributed by atoms with van der Waals surface area (Å²) in [5, 5.41) is 0. The Balaban J connectivity index is 2.39. The van der Waals surface area contributed by atoms with E-state index in [2.05, 4.69) is 4.74 Å². The first-order chi connectivity index (χ1) is 10.7. The summed E-state index contributed by atoms with van der Waals surface area (Å²) >= 11 is 0. The van der Waals surface area contributed by atoms with E-state index in [0.29, 0.717) is 24.9 Å². The van der Waals surface area contributed by atoms with Gasteiger partial charge in [-0.3, -0.25) is 0 Å². The first-order valence-electron chi connectivity index (χ1n) is 7.26. The lowest BCUT2D eigenvalue weighted by molar-refractivity contribution is -0.305. The van der Waals surface area contributed by atoms with Crippen LogP contribution in [0.25, 0.3) is 0 Å². The van der Waals surface area contributed by atoms with E-state index in [4.69, 9.17) is 5.73 Å². The number of likely N-dealkylation sites (tertiary alicyclic amines) is 1. The maximum Gasteiger partial charge on any atom is 0.575 e. The van der Waals surface area contributed by atoms with Gasteiger partial charge >= 0.3 is 18.2 Å². The number of quaternary nitrogens is 1. The normalized spacial score (nSPS) is 25.7. The van der Waals surface area contributed by atoms with Crippen molar-refractivity contribution in [1.29, 1.82) is 0 Å². The summed E-state index contributed by atoms with van der Waals surface area (Å²) in [5.41, 5.74) is 6.29. The van der Waals surface area contributed by atoms with Gasteiger partial charge in [0.25, 0.3) is 0 Å². The second-order valence-corrected chi connectivity index (χ2v) is 5.55. The number of hydrogen-bond donors (Lipinski definition) is 1. The summed E-state index contributed by atoms with van der Waals surface area (Å²) in [6.07, 6.45) is -3.38. The first kappa shape index (κ1) is 17.4. The van der Waals surface area contributed by atoms with Crippen LogP contribution in [0, 0.1) is 0 Å². The number of benzene rings is 1. The minimum Gasteiger partial charge on any atom is -0.369 e. The van der Waals surface area contributed by atoms with Gasteiger partial charge in [-0.15, -0.1) is 13.2 Å². The summed E-state index contributed by atoms with van der Waals surface area (Å²) in [5.74, 6) is -1.96. The summed E-state index contributed by atoms with van der Waals surface area (Å²) in [6, 6.07) is 7.43. The molecule has 1 aromatic carbocycles. The van der Waals surface area contributed by atoms with Crippen molar-refractivity contribution < 1.29 is 27.5 Å². The number of ether oxygens (including phenoxy) is 1. The second kappa shape index (κ2) is 6.67. The third-order valence-corrected chi connectivity index (χ3v) is 3.92. The number of alkyl halides is 3. The van der Waals surface area contributed by atoms with Crippen LogP contribution in [-0.4, -0.2) is 37.4 Å². The summed E-state index contributed by atoms with van der Waals surface area (Å²) in [4.78, 5) is 24.4. The molecular formula is C15H18F3N2O3+. The molecule has 2 atom stereocenters. The zero-order chi connectivity index (χ0) is 17.1. The highest BCUT2D eigenvalue weighted by atomic mass is 19.4. The molecule has 0 spiro atoms. The Morgan fingerprint density at radius 1 is 1.26 bits per heavy atom. The fourth-order valence-corrected chi connectivity index (χ4v) is 2.90. The molecule has 1 amide bonds. The standard InChI is InChI=1S/C15H18F3N2O3/c16-15(17,18)23-13(21)10-20(11-6-2-1-3-7-11)9-5-4-8-12(19)14(20)22/h1-3,6-7,12H,4-5,8-10,19H2/q+1. The van der Waals surface area contributed by atoms with Gasteiger partial charge in [0.1, 0.15) is 11.7 Å². The van der Waals surface area contributed by atoms with Crippen LogP contribution in [0.2, 0.25) is 0 Å². The van der Waals surface area contributed by atoms with Crippen LogP contribution in [-0.2, 0) is 14.3 Å². The first-order valence-corrected chi connectivity index (χ1v) is 7.26. The van der Waals surface area contributed by atoms with Gasteiger partial charge in [-0.2, -0.15) is 0 Å². The minimum atomic E-state index is -5.07. The van der Waals surface area contributed by atoms with Crippen molar-refractivity contribution >= 4 is 17.6 Å². The Bertz CT molecular complexity index is 577. The molecule has 1 aliphatic heterocycles. The maximum atomic E-state index is 12.7. The molecule has 2 unspecified atom stereocenters. The van der Waals surface area contributed by atoms with Gasteiger partial charge in [-0.05, 0) is 31.4 Å². The average Bonchev–Trinajstić information content (AvgIpc) is 2.60. The zero-order valence-electron chi connectivity index (χ0n) is 12.4. The van der Waals surface area contributed by atoms with E-state index in [9.17, 15) is 22.8 Å². The lowest BCUT2D eigenvalue weighted by atomic mass is 10.1. The molecule has 0 aliphatic carbocycles. The number of para-hydroxylation sites is 1. The molecule has 0 aromatic heterocycles. The number of nitrogens with zero attached hydrogens (tertiary/aromatic N) is 1. The molecular weight excluding hydrogens is 313 g/mol. The van der Waals surface area contributed by atoms with Gasteiger partial charge in [0.05, 0.1) is 6.54 Å². The van der Waals surface area contributed by atoms with Gasteiger partial charge < -0.3 is 10.5 Å². The van der Waals surface area contributed by atoms with Gasteiger partial charge in [-0.25, -0.2) is 14.1 Å². The van der Waals surface area contributed by atoms with E-state index in [1.807, 2.05) is 0 Å². The van der Waals surface area contributed by atoms with Crippen molar-refractivity contribution in [2.45, 2.75) is 31.7 Å². The van der Waals surface area contributed by atoms with Crippen LogP contribution in [0.1, 0.15) is 19.3 Å². The fraction of sp³-hybridized carbons (Fsp3) is 0.467. The number of hydrogen-bond acceptors (Lipinski definition) is 4. The molecule has 1 aliphatic rings. The predicted octanol–water partition coefficient (Wildman–Crippen LogP) is 2.09. The Hall–Kier alpha value is -1.93. The molecule has 1 aromatic rings. The van der Waals surface area contributed by atoms with E-state index in [0.717, 1.165) is 0 Å². The number of amides is 1. The molecule has 1 fully saturated rings. The lowest BCUT2D eigenvalue weighted by Gasteiger charge is -2.34. The quantitative estimate of drug-likeness (QED) is 0.680. The van der Waals surface area contributed by atoms with Crippen molar-refractivity contribution in [2.75, 3.05) is 13.1 Å². The van der Waals surface area contributed by atoms with Crippen LogP contribution in [0.3, 0.4) is 0 Å². The van der Waals surface area contributed by atoms with E-state index in [1.54, 1.807) is 30.3 Å². The monoisotopic (exact) mass is 331 g/mol. The number of carbonyl (C=O) groups excluding carboxylic acids is 2. The maximum absolute atomic E-state index is 12.7. The summed E-state index contributed by atoms with van der Waals surface area (Å²) in [7, 11) is 0. The largest absolute Gasteiger partial charge is 0.575 e. The number of carbonyl (C=O) groups is 2. The highest BCUT2D eigenvalue weighted by molar-refractivity contribution is 5.96. The number of esters is 1. The number of rotatable bonds is 3. The van der Waals surface area contributed by atoms with Crippen LogP contribution in [0.5, 0.6) is 0 Å². The number of halogens is 3. The van der Waals surface area contributed by atoms with Crippen LogP contribution in [0.4, 0.5) is 18.9 Å². The predicted molar refractivity (Wildman–Crippen MR) is 77.0 cm³/mol. The molecule has 0 saturated carbocycles. The van der Waals surface area contributed by atoms with Crippen molar-refractivity contribution in [3.63, 3.8) is 0 Å². The molecule has 126 valence electrons. The van der Waals surface area contributed by atoms with E-state index in [1.165, 1.54) is 0 Å². The molecule has 2 N–H and O–H groups in total. The van der Waals surface area contributed by atoms with Crippen LogP contribution in [0.15, 0.2) is 30.3 Å². The smallest absolute Gasteiger partial charge is 0.369 e. The van der Waals surface area contributed by atoms with E-state index in [-0.39, 0.29) is 6.54 Å². The molecule has 5 nitrogen and oxygen atoms in total.